The average molecular weight is 420 g/mol. The molecule has 0 bridgehead atoms. The van der Waals surface area contributed by atoms with Crippen molar-refractivity contribution in [2.24, 2.45) is 11.1 Å². The summed E-state index contributed by atoms with van der Waals surface area (Å²) in [5.41, 5.74) is 2.33. The van der Waals surface area contributed by atoms with Crippen LogP contribution in [0, 0.1) is 16.6 Å². The smallest absolute Gasteiger partial charge is 0.235 e. The average Bonchev–Trinajstić information content (AvgIpc) is 2.79. The summed E-state index contributed by atoms with van der Waals surface area (Å²) in [6, 6.07) is 22.1. The number of aliphatic hydroxyl groups excluding tert-OH is 1. The van der Waals surface area contributed by atoms with Crippen molar-refractivity contribution in [3.63, 3.8) is 0 Å². The second kappa shape index (κ2) is 9.06. The SMILES string of the molecule is O=NC[C@H](O)C1C(=O)N(c2ccc(F)cc2)C1c1ccc(OCc2ccccc2)cc1. The van der Waals surface area contributed by atoms with Crippen LogP contribution in [-0.4, -0.2) is 23.7 Å². The molecule has 31 heavy (non-hydrogen) atoms. The number of carbonyl (C=O) groups excluding carboxylic acids is 1. The molecule has 2 unspecified atom stereocenters. The first-order valence-corrected chi connectivity index (χ1v) is 9.91. The molecule has 4 rings (SSSR count). The van der Waals surface area contributed by atoms with E-state index in [1.54, 1.807) is 12.1 Å². The zero-order valence-corrected chi connectivity index (χ0v) is 16.6. The van der Waals surface area contributed by atoms with E-state index in [1.165, 1.54) is 29.2 Å². The molecule has 3 aromatic rings. The Morgan fingerprint density at radius 3 is 2.32 bits per heavy atom. The standard InChI is InChI=1S/C24H21FN2O4/c25-18-8-10-19(11-9-18)27-23(22(24(27)29)21(28)14-26-30)17-6-12-20(13-7-17)31-15-16-4-2-1-3-5-16/h1-13,21-23,28H,14-15H2/t21-,22?,23?/m0/s1. The molecule has 3 atom stereocenters. The van der Waals surface area contributed by atoms with Crippen molar-refractivity contribution in [1.82, 2.24) is 0 Å². The fourth-order valence-electron chi connectivity index (χ4n) is 3.82. The van der Waals surface area contributed by atoms with Crippen LogP contribution in [0.3, 0.4) is 0 Å². The van der Waals surface area contributed by atoms with Gasteiger partial charge in [0.25, 0.3) is 0 Å². The molecule has 0 aliphatic carbocycles. The minimum Gasteiger partial charge on any atom is -0.489 e. The Kier molecular flexibility index (Phi) is 6.04. The number of benzene rings is 3. The molecular formula is C24H21FN2O4. The molecule has 3 aromatic carbocycles. The van der Waals surface area contributed by atoms with Gasteiger partial charge in [-0.3, -0.25) is 4.79 Å². The van der Waals surface area contributed by atoms with Gasteiger partial charge in [-0.05, 0) is 47.5 Å². The molecule has 0 spiro atoms. The topological polar surface area (TPSA) is 79.2 Å². The first-order valence-electron chi connectivity index (χ1n) is 9.91. The molecule has 1 fully saturated rings. The number of aliphatic hydroxyl groups is 1. The first-order chi connectivity index (χ1) is 15.1. The van der Waals surface area contributed by atoms with Gasteiger partial charge in [0.05, 0.1) is 18.1 Å². The van der Waals surface area contributed by atoms with E-state index in [9.17, 15) is 19.2 Å². The van der Waals surface area contributed by atoms with Crippen LogP contribution in [0.4, 0.5) is 10.1 Å². The lowest BCUT2D eigenvalue weighted by atomic mass is 9.78. The van der Waals surface area contributed by atoms with Crippen LogP contribution in [0.2, 0.25) is 0 Å². The largest absolute Gasteiger partial charge is 0.489 e. The van der Waals surface area contributed by atoms with Gasteiger partial charge in [0.15, 0.2) is 0 Å². The number of carbonyl (C=O) groups is 1. The minimum atomic E-state index is -1.19. The lowest BCUT2D eigenvalue weighted by Gasteiger charge is -2.48. The van der Waals surface area contributed by atoms with Gasteiger partial charge >= 0.3 is 0 Å². The molecule has 1 aliphatic heterocycles. The van der Waals surface area contributed by atoms with Gasteiger partial charge in [-0.15, -0.1) is 0 Å². The normalized spacial score (nSPS) is 18.9. The molecule has 158 valence electrons. The number of ether oxygens (including phenoxy) is 1. The Morgan fingerprint density at radius 1 is 1.00 bits per heavy atom. The quantitative estimate of drug-likeness (QED) is 0.437. The Bertz CT molecular complexity index is 1040. The van der Waals surface area contributed by atoms with Crippen LogP contribution in [-0.2, 0) is 11.4 Å². The Labute approximate surface area is 178 Å². The van der Waals surface area contributed by atoms with Gasteiger partial charge < -0.3 is 14.7 Å². The monoisotopic (exact) mass is 420 g/mol. The van der Waals surface area contributed by atoms with Crippen molar-refractivity contribution in [3.05, 3.63) is 101 Å². The second-order valence-electron chi connectivity index (χ2n) is 7.38. The molecule has 0 aromatic heterocycles. The highest BCUT2D eigenvalue weighted by Crippen LogP contribution is 2.45. The minimum absolute atomic E-state index is 0.336. The maximum atomic E-state index is 13.3. The van der Waals surface area contributed by atoms with Crippen LogP contribution in [0.5, 0.6) is 5.75 Å². The van der Waals surface area contributed by atoms with E-state index >= 15 is 0 Å². The van der Waals surface area contributed by atoms with E-state index in [4.69, 9.17) is 4.74 Å². The Morgan fingerprint density at radius 2 is 1.68 bits per heavy atom. The Hall–Kier alpha value is -3.58. The second-order valence-corrected chi connectivity index (χ2v) is 7.38. The van der Waals surface area contributed by atoms with Gasteiger partial charge in [-0.25, -0.2) is 4.39 Å². The third-order valence-electron chi connectivity index (χ3n) is 5.39. The molecule has 1 heterocycles. The highest BCUT2D eigenvalue weighted by Gasteiger charge is 2.52. The number of β-lactam (4-membered cyclic amide) rings is 1. The highest BCUT2D eigenvalue weighted by atomic mass is 19.1. The number of nitroso groups, excluding NO2 is 1. The predicted molar refractivity (Wildman–Crippen MR) is 114 cm³/mol. The zero-order chi connectivity index (χ0) is 21.8. The summed E-state index contributed by atoms with van der Waals surface area (Å²) in [6.45, 7) is 0.0542. The Balaban J connectivity index is 1.56. The fraction of sp³-hybridized carbons (Fsp3) is 0.208. The van der Waals surface area contributed by atoms with E-state index < -0.39 is 23.9 Å². The lowest BCUT2D eigenvalue weighted by Crippen LogP contribution is -2.60. The summed E-state index contributed by atoms with van der Waals surface area (Å²) in [5.74, 6) is -0.885. The van der Waals surface area contributed by atoms with Crippen molar-refractivity contribution < 1.29 is 19.0 Å². The van der Waals surface area contributed by atoms with Gasteiger partial charge in [-0.1, -0.05) is 47.6 Å². The molecule has 1 saturated heterocycles. The number of hydrogen-bond donors (Lipinski definition) is 1. The summed E-state index contributed by atoms with van der Waals surface area (Å²) >= 11 is 0. The third-order valence-corrected chi connectivity index (χ3v) is 5.39. The number of halogens is 1. The van der Waals surface area contributed by atoms with E-state index in [0.717, 1.165) is 11.1 Å². The molecule has 0 radical (unpaired) electrons. The molecule has 1 N–H and O–H groups in total. The van der Waals surface area contributed by atoms with Crippen molar-refractivity contribution >= 4 is 11.6 Å². The van der Waals surface area contributed by atoms with E-state index in [-0.39, 0.29) is 12.5 Å². The van der Waals surface area contributed by atoms with Gasteiger partial charge in [0.2, 0.25) is 5.91 Å². The molecule has 1 aliphatic rings. The molecular weight excluding hydrogens is 399 g/mol. The van der Waals surface area contributed by atoms with Gasteiger partial charge in [-0.2, -0.15) is 4.91 Å². The summed E-state index contributed by atoms with van der Waals surface area (Å²) in [5, 5.41) is 13.1. The van der Waals surface area contributed by atoms with E-state index in [0.29, 0.717) is 18.0 Å². The summed E-state index contributed by atoms with van der Waals surface area (Å²) < 4.78 is 19.1. The van der Waals surface area contributed by atoms with Gasteiger partial charge in [0.1, 0.15) is 24.7 Å². The van der Waals surface area contributed by atoms with Crippen LogP contribution < -0.4 is 9.64 Å². The molecule has 6 nitrogen and oxygen atoms in total. The van der Waals surface area contributed by atoms with Crippen LogP contribution in [0.15, 0.2) is 84.0 Å². The van der Waals surface area contributed by atoms with Crippen molar-refractivity contribution in [3.8, 4) is 5.75 Å². The molecule has 7 heteroatoms. The molecule has 1 amide bonds. The first kappa shape index (κ1) is 20.7. The maximum Gasteiger partial charge on any atom is 0.235 e. The van der Waals surface area contributed by atoms with Crippen molar-refractivity contribution in [1.29, 1.82) is 0 Å². The highest BCUT2D eigenvalue weighted by molar-refractivity contribution is 6.03. The fourth-order valence-corrected chi connectivity index (χ4v) is 3.82. The number of anilines is 1. The van der Waals surface area contributed by atoms with Crippen molar-refractivity contribution in [2.75, 3.05) is 11.4 Å². The van der Waals surface area contributed by atoms with Crippen LogP contribution in [0.1, 0.15) is 17.2 Å². The van der Waals surface area contributed by atoms with Crippen LogP contribution >= 0.6 is 0 Å². The third kappa shape index (κ3) is 4.32. The number of nitrogens with zero attached hydrogens (tertiary/aromatic N) is 2. The van der Waals surface area contributed by atoms with Gasteiger partial charge in [0, 0.05) is 5.69 Å². The predicted octanol–water partition coefficient (Wildman–Crippen LogP) is 4.24. The zero-order valence-electron chi connectivity index (χ0n) is 16.6. The van der Waals surface area contributed by atoms with Crippen molar-refractivity contribution in [2.45, 2.75) is 18.8 Å². The number of rotatable bonds is 8. The number of amides is 1. The molecule has 0 saturated carbocycles. The number of hydrogen-bond acceptors (Lipinski definition) is 5. The van der Waals surface area contributed by atoms with E-state index in [1.807, 2.05) is 42.5 Å². The van der Waals surface area contributed by atoms with Crippen LogP contribution in [0.25, 0.3) is 0 Å². The summed E-state index contributed by atoms with van der Waals surface area (Å²) in [6.07, 6.45) is -1.19. The van der Waals surface area contributed by atoms with E-state index in [2.05, 4.69) is 5.18 Å². The maximum absolute atomic E-state index is 13.3. The summed E-state index contributed by atoms with van der Waals surface area (Å²) in [7, 11) is 0. The summed E-state index contributed by atoms with van der Waals surface area (Å²) in [4.78, 5) is 24.9. The lowest BCUT2D eigenvalue weighted by molar-refractivity contribution is -0.135.